The fraction of sp³-hybridized carbons (Fsp3) is 0.316. The smallest absolute Gasteiger partial charge is 0.244 e. The Balaban J connectivity index is 1.40. The zero-order valence-corrected chi connectivity index (χ0v) is 20.0. The maximum atomic E-state index is 12.7. The molecule has 1 saturated heterocycles. The van der Waals surface area contributed by atoms with Gasteiger partial charge in [0, 0.05) is 29.4 Å². The Bertz CT molecular complexity index is 1230. The topological polar surface area (TPSA) is 80.2 Å². The van der Waals surface area contributed by atoms with Crippen LogP contribution in [-0.4, -0.2) is 41.6 Å². The molecule has 0 amide bonds. The highest BCUT2D eigenvalue weighted by Gasteiger charge is 2.41. The van der Waals surface area contributed by atoms with E-state index in [1.807, 2.05) is 19.2 Å². The lowest BCUT2D eigenvalue weighted by Crippen LogP contribution is -2.53. The van der Waals surface area contributed by atoms with Crippen LogP contribution < -0.4 is 0 Å². The quantitative estimate of drug-likeness (QED) is 0.492. The van der Waals surface area contributed by atoms with Gasteiger partial charge >= 0.3 is 0 Å². The Kier molecular flexibility index (Phi) is 6.04. The molecule has 0 spiro atoms. The molecule has 1 fully saturated rings. The van der Waals surface area contributed by atoms with Crippen LogP contribution in [0.5, 0.6) is 0 Å². The molecule has 11 heteroatoms. The number of nitrogens with zero attached hydrogens (tertiary/aromatic N) is 3. The highest BCUT2D eigenvalue weighted by atomic mass is 35.5. The number of Topliss-reactive ketones (excluding diaryl/α,β-unsaturated/α-hetero) is 1. The maximum absolute atomic E-state index is 12.7. The van der Waals surface area contributed by atoms with Gasteiger partial charge in [-0.1, -0.05) is 23.2 Å². The summed E-state index contributed by atoms with van der Waals surface area (Å²) in [5, 5.41) is 4.07. The number of ketones is 1. The van der Waals surface area contributed by atoms with Gasteiger partial charge in [0.15, 0.2) is 0 Å². The SMILES string of the molecule is Cc1nc(C)c(-c2csc(CC(=O)C3CN(S(=O)(=O)c4ccc(Cl)cc4Cl)C3)n2)s1. The minimum Gasteiger partial charge on any atom is -0.299 e. The number of rotatable bonds is 6. The van der Waals surface area contributed by atoms with Gasteiger partial charge in [-0.3, -0.25) is 4.79 Å². The fourth-order valence-corrected chi connectivity index (χ4v) is 7.25. The van der Waals surface area contributed by atoms with Crippen LogP contribution in [0.25, 0.3) is 10.6 Å². The third-order valence-electron chi connectivity index (χ3n) is 4.83. The molecule has 158 valence electrons. The number of hydrogen-bond acceptors (Lipinski definition) is 7. The second-order valence-electron chi connectivity index (χ2n) is 7.01. The van der Waals surface area contributed by atoms with Crippen molar-refractivity contribution in [3.63, 3.8) is 0 Å². The summed E-state index contributed by atoms with van der Waals surface area (Å²) in [6, 6.07) is 4.26. The molecule has 1 aliphatic rings. The summed E-state index contributed by atoms with van der Waals surface area (Å²) in [7, 11) is -3.75. The van der Waals surface area contributed by atoms with Crippen LogP contribution in [0.4, 0.5) is 0 Å². The molecule has 0 bridgehead atoms. The summed E-state index contributed by atoms with van der Waals surface area (Å²) >= 11 is 14.9. The summed E-state index contributed by atoms with van der Waals surface area (Å²) in [6.07, 6.45) is 0.196. The van der Waals surface area contributed by atoms with Crippen molar-refractivity contribution in [2.24, 2.45) is 5.92 Å². The Morgan fingerprint density at radius 2 is 1.97 bits per heavy atom. The van der Waals surface area contributed by atoms with Crippen molar-refractivity contribution >= 4 is 61.7 Å². The lowest BCUT2D eigenvalue weighted by molar-refractivity contribution is -0.125. The zero-order chi connectivity index (χ0) is 21.6. The number of hydrogen-bond donors (Lipinski definition) is 0. The number of carbonyl (C=O) groups excluding carboxylic acids is 1. The molecular formula is C19H17Cl2N3O3S3. The third kappa shape index (κ3) is 4.19. The molecule has 0 unspecified atom stereocenters. The molecule has 0 radical (unpaired) electrons. The molecule has 0 aliphatic carbocycles. The molecule has 4 rings (SSSR count). The van der Waals surface area contributed by atoms with E-state index in [4.69, 9.17) is 23.2 Å². The van der Waals surface area contributed by atoms with Gasteiger partial charge in [0.2, 0.25) is 10.0 Å². The van der Waals surface area contributed by atoms with E-state index in [0.29, 0.717) is 5.02 Å². The molecule has 6 nitrogen and oxygen atoms in total. The molecule has 1 aliphatic heterocycles. The van der Waals surface area contributed by atoms with Crippen LogP contribution >= 0.6 is 45.9 Å². The summed E-state index contributed by atoms with van der Waals surface area (Å²) in [4.78, 5) is 22.6. The number of halogens is 2. The van der Waals surface area contributed by atoms with Gasteiger partial charge in [-0.2, -0.15) is 4.31 Å². The zero-order valence-electron chi connectivity index (χ0n) is 16.1. The molecule has 1 aromatic carbocycles. The van der Waals surface area contributed by atoms with E-state index in [9.17, 15) is 13.2 Å². The number of carbonyl (C=O) groups is 1. The number of thiazole rings is 2. The van der Waals surface area contributed by atoms with E-state index in [-0.39, 0.29) is 41.1 Å². The van der Waals surface area contributed by atoms with Gasteiger partial charge in [0.25, 0.3) is 0 Å². The largest absolute Gasteiger partial charge is 0.299 e. The van der Waals surface area contributed by atoms with E-state index in [1.165, 1.54) is 33.8 Å². The maximum Gasteiger partial charge on any atom is 0.244 e. The van der Waals surface area contributed by atoms with E-state index >= 15 is 0 Å². The first-order valence-electron chi connectivity index (χ1n) is 9.02. The standard InChI is InChI=1S/C19H17Cl2N3O3S3/c1-10-19(29-11(2)22-10)15-9-28-18(23-15)6-16(25)12-7-24(8-12)30(26,27)17-4-3-13(20)5-14(17)21/h3-5,9,12H,6-8H2,1-2H3. The minimum absolute atomic E-state index is 0.000693. The van der Waals surface area contributed by atoms with Gasteiger partial charge in [0.05, 0.1) is 32.7 Å². The summed E-state index contributed by atoms with van der Waals surface area (Å²) < 4.78 is 26.7. The number of benzene rings is 1. The van der Waals surface area contributed by atoms with Gasteiger partial charge in [-0.05, 0) is 32.0 Å². The van der Waals surface area contributed by atoms with Crippen LogP contribution in [0.2, 0.25) is 10.0 Å². The van der Waals surface area contributed by atoms with Crippen molar-refractivity contribution in [3.8, 4) is 10.6 Å². The number of aromatic nitrogens is 2. The second-order valence-corrected chi connectivity index (χ2v) is 11.9. The third-order valence-corrected chi connectivity index (χ3v) is 9.32. The predicted molar refractivity (Wildman–Crippen MR) is 120 cm³/mol. The van der Waals surface area contributed by atoms with Crippen molar-refractivity contribution in [1.29, 1.82) is 0 Å². The Morgan fingerprint density at radius 3 is 2.60 bits per heavy atom. The monoisotopic (exact) mass is 501 g/mol. The highest BCUT2D eigenvalue weighted by Crippen LogP contribution is 2.33. The first kappa shape index (κ1) is 21.9. The lowest BCUT2D eigenvalue weighted by atomic mass is 9.96. The highest BCUT2D eigenvalue weighted by molar-refractivity contribution is 7.89. The number of sulfonamides is 1. The average molecular weight is 502 g/mol. The van der Waals surface area contributed by atoms with Crippen LogP contribution in [0, 0.1) is 19.8 Å². The predicted octanol–water partition coefficient (Wildman–Crippen LogP) is 4.62. The van der Waals surface area contributed by atoms with Crippen LogP contribution in [-0.2, 0) is 21.2 Å². The first-order valence-corrected chi connectivity index (χ1v) is 12.9. The van der Waals surface area contributed by atoms with Gasteiger partial charge in [-0.15, -0.1) is 22.7 Å². The summed E-state index contributed by atoms with van der Waals surface area (Å²) in [5.41, 5.74) is 1.77. The van der Waals surface area contributed by atoms with Crippen molar-refractivity contribution in [3.05, 3.63) is 49.3 Å². The number of aryl methyl sites for hydroxylation is 2. The molecule has 30 heavy (non-hydrogen) atoms. The second kappa shape index (κ2) is 8.29. The minimum atomic E-state index is -3.75. The fourth-order valence-electron chi connectivity index (χ4n) is 3.22. The van der Waals surface area contributed by atoms with Crippen molar-refractivity contribution in [2.45, 2.75) is 25.2 Å². The molecular weight excluding hydrogens is 485 g/mol. The molecule has 2 aromatic heterocycles. The van der Waals surface area contributed by atoms with Crippen LogP contribution in [0.1, 0.15) is 15.7 Å². The Morgan fingerprint density at radius 1 is 1.23 bits per heavy atom. The van der Waals surface area contributed by atoms with Crippen LogP contribution in [0.15, 0.2) is 28.5 Å². The summed E-state index contributed by atoms with van der Waals surface area (Å²) in [5.74, 6) is -0.354. The van der Waals surface area contributed by atoms with Crippen molar-refractivity contribution < 1.29 is 13.2 Å². The van der Waals surface area contributed by atoms with Crippen LogP contribution in [0.3, 0.4) is 0 Å². The van der Waals surface area contributed by atoms with E-state index in [0.717, 1.165) is 26.3 Å². The lowest BCUT2D eigenvalue weighted by Gasteiger charge is -2.37. The molecule has 0 atom stereocenters. The van der Waals surface area contributed by atoms with Crippen molar-refractivity contribution in [1.82, 2.24) is 14.3 Å². The molecule has 0 saturated carbocycles. The van der Waals surface area contributed by atoms with E-state index in [2.05, 4.69) is 9.97 Å². The average Bonchev–Trinajstić information content (AvgIpc) is 3.18. The Hall–Kier alpha value is -1.36. The molecule has 0 N–H and O–H groups in total. The van der Waals surface area contributed by atoms with Crippen molar-refractivity contribution in [2.75, 3.05) is 13.1 Å². The van der Waals surface area contributed by atoms with Gasteiger partial charge in [0.1, 0.15) is 15.7 Å². The van der Waals surface area contributed by atoms with E-state index in [1.54, 1.807) is 11.3 Å². The van der Waals surface area contributed by atoms with E-state index < -0.39 is 10.0 Å². The molecule has 3 heterocycles. The normalized spacial score (nSPS) is 15.3. The Labute approximate surface area is 192 Å². The first-order chi connectivity index (χ1) is 14.1. The van der Waals surface area contributed by atoms with Gasteiger partial charge < -0.3 is 0 Å². The summed E-state index contributed by atoms with van der Waals surface area (Å²) in [6.45, 7) is 4.18. The van der Waals surface area contributed by atoms with Gasteiger partial charge in [-0.25, -0.2) is 18.4 Å². The molecule has 3 aromatic rings.